The SMILES string of the molecule is CN1CCC2(CC1)CN(c1cc(C(=O)Cc3ncc4ccc(-c5cnn(C)c5)cc4n3)ccn1)C2. The number of likely N-dealkylation sites (tertiary alicyclic amines) is 1. The Kier molecular flexibility index (Phi) is 5.33. The summed E-state index contributed by atoms with van der Waals surface area (Å²) in [4.78, 5) is 31.5. The first-order valence-corrected chi connectivity index (χ1v) is 12.1. The number of nitrogens with zero attached hydrogens (tertiary/aromatic N) is 7. The third kappa shape index (κ3) is 4.30. The fourth-order valence-corrected chi connectivity index (χ4v) is 5.24. The van der Waals surface area contributed by atoms with Gasteiger partial charge in [0.25, 0.3) is 0 Å². The minimum absolute atomic E-state index is 0.00550. The summed E-state index contributed by atoms with van der Waals surface area (Å²) >= 11 is 0. The number of aromatic nitrogens is 5. The molecule has 6 rings (SSSR count). The van der Waals surface area contributed by atoms with E-state index >= 15 is 0 Å². The number of carbonyl (C=O) groups is 1. The summed E-state index contributed by atoms with van der Waals surface area (Å²) in [6.07, 6.45) is 9.97. The maximum absolute atomic E-state index is 13.1. The molecule has 5 heterocycles. The number of anilines is 1. The summed E-state index contributed by atoms with van der Waals surface area (Å²) in [6.45, 7) is 4.38. The lowest BCUT2D eigenvalue weighted by molar-refractivity contribution is 0.0900. The number of aryl methyl sites for hydroxylation is 1. The predicted molar refractivity (Wildman–Crippen MR) is 135 cm³/mol. The summed E-state index contributed by atoms with van der Waals surface area (Å²) in [7, 11) is 4.09. The van der Waals surface area contributed by atoms with Crippen LogP contribution in [0.2, 0.25) is 0 Å². The lowest BCUT2D eigenvalue weighted by Crippen LogP contribution is -2.60. The van der Waals surface area contributed by atoms with Crippen LogP contribution in [0.1, 0.15) is 29.0 Å². The van der Waals surface area contributed by atoms with Crippen LogP contribution in [0.4, 0.5) is 5.82 Å². The van der Waals surface area contributed by atoms with Gasteiger partial charge in [0.2, 0.25) is 0 Å². The molecule has 0 saturated carbocycles. The second kappa shape index (κ2) is 8.53. The molecular formula is C27H29N7O. The number of fused-ring (bicyclic) bond motifs is 1. The van der Waals surface area contributed by atoms with E-state index in [2.05, 4.69) is 31.9 Å². The van der Waals surface area contributed by atoms with E-state index in [0.29, 0.717) is 16.8 Å². The van der Waals surface area contributed by atoms with Crippen LogP contribution in [0.25, 0.3) is 22.0 Å². The van der Waals surface area contributed by atoms with E-state index in [-0.39, 0.29) is 12.2 Å². The molecule has 3 aromatic heterocycles. The summed E-state index contributed by atoms with van der Waals surface area (Å²) < 4.78 is 1.78. The second-order valence-electron chi connectivity index (χ2n) is 10.1. The van der Waals surface area contributed by atoms with Gasteiger partial charge in [0.05, 0.1) is 18.1 Å². The van der Waals surface area contributed by atoms with E-state index in [1.165, 1.54) is 12.8 Å². The molecule has 2 aliphatic rings. The topological polar surface area (TPSA) is 80.0 Å². The van der Waals surface area contributed by atoms with Crippen LogP contribution >= 0.6 is 0 Å². The van der Waals surface area contributed by atoms with Crippen molar-refractivity contribution in [1.82, 2.24) is 29.6 Å². The zero-order valence-electron chi connectivity index (χ0n) is 20.2. The number of carbonyl (C=O) groups excluding carboxylic acids is 1. The molecule has 2 saturated heterocycles. The minimum atomic E-state index is 0.00550. The van der Waals surface area contributed by atoms with E-state index in [4.69, 9.17) is 4.98 Å². The zero-order valence-corrected chi connectivity index (χ0v) is 20.2. The van der Waals surface area contributed by atoms with Gasteiger partial charge in [-0.3, -0.25) is 9.48 Å². The first-order chi connectivity index (χ1) is 17.0. The van der Waals surface area contributed by atoms with Crippen molar-refractivity contribution in [3.63, 3.8) is 0 Å². The number of benzene rings is 1. The normalized spacial score (nSPS) is 17.6. The van der Waals surface area contributed by atoms with Crippen molar-refractivity contribution < 1.29 is 4.79 Å². The smallest absolute Gasteiger partial charge is 0.170 e. The second-order valence-corrected chi connectivity index (χ2v) is 10.1. The molecule has 0 radical (unpaired) electrons. The van der Waals surface area contributed by atoms with Crippen molar-refractivity contribution in [2.45, 2.75) is 19.3 Å². The predicted octanol–water partition coefficient (Wildman–Crippen LogP) is 3.38. The molecule has 0 N–H and O–H groups in total. The molecular weight excluding hydrogens is 438 g/mol. The molecule has 1 spiro atoms. The van der Waals surface area contributed by atoms with Crippen molar-refractivity contribution >= 4 is 22.5 Å². The number of hydrogen-bond acceptors (Lipinski definition) is 7. The van der Waals surface area contributed by atoms with Crippen LogP contribution in [-0.2, 0) is 13.5 Å². The molecule has 0 amide bonds. The third-order valence-corrected chi connectivity index (χ3v) is 7.48. The number of hydrogen-bond donors (Lipinski definition) is 0. The van der Waals surface area contributed by atoms with Crippen molar-refractivity contribution in [3.8, 4) is 11.1 Å². The van der Waals surface area contributed by atoms with Gasteiger partial charge in [-0.1, -0.05) is 12.1 Å². The monoisotopic (exact) mass is 467 g/mol. The van der Waals surface area contributed by atoms with Gasteiger partial charge >= 0.3 is 0 Å². The van der Waals surface area contributed by atoms with Crippen molar-refractivity contribution in [1.29, 1.82) is 0 Å². The molecule has 178 valence electrons. The molecule has 8 heteroatoms. The highest BCUT2D eigenvalue weighted by molar-refractivity contribution is 5.98. The quantitative estimate of drug-likeness (QED) is 0.416. The van der Waals surface area contributed by atoms with Crippen molar-refractivity contribution in [3.05, 3.63) is 66.5 Å². The highest BCUT2D eigenvalue weighted by atomic mass is 16.1. The Morgan fingerprint density at radius 3 is 2.60 bits per heavy atom. The minimum Gasteiger partial charge on any atom is -0.355 e. The summed E-state index contributed by atoms with van der Waals surface area (Å²) in [5.74, 6) is 1.42. The number of ketones is 1. The maximum atomic E-state index is 13.1. The molecule has 35 heavy (non-hydrogen) atoms. The van der Waals surface area contributed by atoms with Gasteiger partial charge in [0.15, 0.2) is 5.78 Å². The Labute approximate surface area is 204 Å². The summed E-state index contributed by atoms with van der Waals surface area (Å²) in [5.41, 5.74) is 3.97. The Morgan fingerprint density at radius 1 is 1.00 bits per heavy atom. The van der Waals surface area contributed by atoms with Crippen LogP contribution in [0.3, 0.4) is 0 Å². The molecule has 4 aromatic rings. The van der Waals surface area contributed by atoms with Gasteiger partial charge < -0.3 is 9.80 Å². The van der Waals surface area contributed by atoms with Crippen LogP contribution in [0.5, 0.6) is 0 Å². The van der Waals surface area contributed by atoms with E-state index < -0.39 is 0 Å². The third-order valence-electron chi connectivity index (χ3n) is 7.48. The van der Waals surface area contributed by atoms with Crippen LogP contribution in [0.15, 0.2) is 55.1 Å². The van der Waals surface area contributed by atoms with E-state index in [9.17, 15) is 4.79 Å². The van der Waals surface area contributed by atoms with E-state index in [1.807, 2.05) is 43.7 Å². The van der Waals surface area contributed by atoms with Crippen LogP contribution < -0.4 is 4.90 Å². The summed E-state index contributed by atoms with van der Waals surface area (Å²) in [6, 6.07) is 9.78. The Morgan fingerprint density at radius 2 is 1.83 bits per heavy atom. The first kappa shape index (κ1) is 21.9. The Hall–Kier alpha value is -3.65. The highest BCUT2D eigenvalue weighted by Crippen LogP contribution is 2.41. The fraction of sp³-hybridized carbons (Fsp3) is 0.370. The highest BCUT2D eigenvalue weighted by Gasteiger charge is 2.44. The Bertz CT molecular complexity index is 1400. The van der Waals surface area contributed by atoms with Gasteiger partial charge in [-0.15, -0.1) is 0 Å². The molecule has 0 aliphatic carbocycles. The van der Waals surface area contributed by atoms with Gasteiger partial charge in [-0.25, -0.2) is 15.0 Å². The van der Waals surface area contributed by atoms with Crippen LogP contribution in [-0.4, -0.2) is 68.6 Å². The van der Waals surface area contributed by atoms with E-state index in [0.717, 1.165) is 54.0 Å². The summed E-state index contributed by atoms with van der Waals surface area (Å²) in [5, 5.41) is 5.19. The molecule has 0 atom stereocenters. The zero-order chi connectivity index (χ0) is 24.0. The lowest BCUT2D eigenvalue weighted by Gasteiger charge is -2.54. The average molecular weight is 468 g/mol. The van der Waals surface area contributed by atoms with Gasteiger partial charge in [-0.2, -0.15) is 5.10 Å². The van der Waals surface area contributed by atoms with Crippen molar-refractivity contribution in [2.75, 3.05) is 38.1 Å². The Balaban J connectivity index is 1.17. The maximum Gasteiger partial charge on any atom is 0.170 e. The molecule has 0 bridgehead atoms. The molecule has 2 fully saturated rings. The van der Waals surface area contributed by atoms with Gasteiger partial charge in [-0.05, 0) is 56.7 Å². The lowest BCUT2D eigenvalue weighted by atomic mass is 9.72. The molecule has 0 unspecified atom stereocenters. The number of rotatable bonds is 5. The van der Waals surface area contributed by atoms with Gasteiger partial charge in [0, 0.05) is 60.7 Å². The number of Topliss-reactive ketones (excluding diaryl/α,β-unsaturated/α-hetero) is 1. The largest absolute Gasteiger partial charge is 0.355 e. The molecule has 8 nitrogen and oxygen atoms in total. The average Bonchev–Trinajstić information content (AvgIpc) is 3.29. The molecule has 2 aliphatic heterocycles. The van der Waals surface area contributed by atoms with Crippen molar-refractivity contribution in [2.24, 2.45) is 12.5 Å². The number of piperidine rings is 1. The molecule has 1 aromatic carbocycles. The standard InChI is InChI=1S/C27H29N7O/c1-32-9-6-27(7-10-32)17-34(18-27)26-12-20(5-8-28-26)24(35)13-25-29-14-21-4-3-19(11-23(21)31-25)22-15-30-33(2)16-22/h3-5,8,11-12,14-16H,6-7,9-10,13,17-18H2,1-2H3. The number of pyridine rings is 1. The van der Waals surface area contributed by atoms with Crippen LogP contribution in [0, 0.1) is 5.41 Å². The van der Waals surface area contributed by atoms with Gasteiger partial charge in [0.1, 0.15) is 11.6 Å². The van der Waals surface area contributed by atoms with E-state index in [1.54, 1.807) is 23.1 Å². The fourth-order valence-electron chi connectivity index (χ4n) is 5.24. The first-order valence-electron chi connectivity index (χ1n) is 12.1.